The molecule has 3 heterocycles. The van der Waals surface area contributed by atoms with Gasteiger partial charge in [0, 0.05) is 16.9 Å². The van der Waals surface area contributed by atoms with Gasteiger partial charge in [-0.1, -0.05) is 0 Å². The number of aromatic amines is 1. The third-order valence-corrected chi connectivity index (χ3v) is 5.30. The second kappa shape index (κ2) is 3.61. The average Bonchev–Trinajstić information content (AvgIpc) is 2.77. The largest absolute Gasteiger partial charge is 0.477 e. The number of aromatic nitrogens is 2. The van der Waals surface area contributed by atoms with Gasteiger partial charge >= 0.3 is 5.97 Å². The van der Waals surface area contributed by atoms with Crippen molar-refractivity contribution in [2.75, 3.05) is 0 Å². The molecule has 0 radical (unpaired) electrons. The number of nitrogens with one attached hydrogen (secondary N) is 1. The van der Waals surface area contributed by atoms with Crippen molar-refractivity contribution in [1.29, 1.82) is 0 Å². The van der Waals surface area contributed by atoms with Gasteiger partial charge in [0.2, 0.25) is 0 Å². The van der Waals surface area contributed by atoms with Gasteiger partial charge in [-0.05, 0) is 22.0 Å². The molecule has 2 aromatic heterocycles. The Kier molecular flexibility index (Phi) is 2.34. The molecule has 2 N–H and O–H groups in total. The molecule has 0 atom stereocenters. The molecule has 2 aromatic rings. The molecule has 0 aromatic carbocycles. The fraction of sp³-hybridized carbons (Fsp3) is 0.111. The van der Waals surface area contributed by atoms with Gasteiger partial charge in [0.25, 0.3) is 0 Å². The molecule has 0 saturated heterocycles. The lowest BCUT2D eigenvalue weighted by Crippen LogP contribution is -2.02. The maximum absolute atomic E-state index is 11.0. The summed E-state index contributed by atoms with van der Waals surface area (Å²) in [6.45, 7) is 0. The first-order valence-corrected chi connectivity index (χ1v) is 6.99. The van der Waals surface area contributed by atoms with Gasteiger partial charge in [0.1, 0.15) is 5.69 Å². The Morgan fingerprint density at radius 2 is 2.44 bits per heavy atom. The molecule has 1 aliphatic rings. The molecule has 7 heteroatoms. The first-order chi connectivity index (χ1) is 7.66. The summed E-state index contributed by atoms with van der Waals surface area (Å²) in [5.74, 6) is -0.292. The minimum absolute atomic E-state index is 0.204. The Morgan fingerprint density at radius 1 is 1.62 bits per heavy atom. The standard InChI is InChI=1S/C9H5BrN2O2S2/c10-5-1-3-6-4(2-15-9(3)16-5)7(8(13)14)12-11-6/h1H,2H2,(H,11,12)(H,13,14). The molecular weight excluding hydrogens is 312 g/mol. The molecule has 1 aliphatic heterocycles. The van der Waals surface area contributed by atoms with E-state index in [1.165, 1.54) is 4.21 Å². The Morgan fingerprint density at radius 3 is 3.19 bits per heavy atom. The number of thiophene rings is 1. The van der Waals surface area contributed by atoms with E-state index in [4.69, 9.17) is 5.11 Å². The second-order valence-corrected chi connectivity index (χ2v) is 6.95. The number of nitrogens with zero attached hydrogens (tertiary/aromatic N) is 1. The molecule has 0 saturated carbocycles. The summed E-state index contributed by atoms with van der Waals surface area (Å²) in [7, 11) is 0. The summed E-state index contributed by atoms with van der Waals surface area (Å²) in [6.07, 6.45) is 0. The Labute approximate surface area is 107 Å². The number of aromatic carboxylic acids is 1. The van der Waals surface area contributed by atoms with Gasteiger partial charge < -0.3 is 5.11 Å². The van der Waals surface area contributed by atoms with Gasteiger partial charge in [-0.15, -0.1) is 23.1 Å². The van der Waals surface area contributed by atoms with Crippen LogP contribution in [0.4, 0.5) is 0 Å². The van der Waals surface area contributed by atoms with Crippen molar-refractivity contribution in [3.05, 3.63) is 21.1 Å². The zero-order chi connectivity index (χ0) is 11.3. The van der Waals surface area contributed by atoms with Crippen molar-refractivity contribution in [3.63, 3.8) is 0 Å². The van der Waals surface area contributed by atoms with E-state index >= 15 is 0 Å². The van der Waals surface area contributed by atoms with E-state index in [2.05, 4.69) is 26.1 Å². The molecule has 0 aliphatic carbocycles. The number of hydrogen-bond acceptors (Lipinski definition) is 4. The van der Waals surface area contributed by atoms with Crippen molar-refractivity contribution < 1.29 is 9.90 Å². The number of fused-ring (bicyclic) bond motifs is 3. The molecule has 0 amide bonds. The number of thioether (sulfide) groups is 1. The minimum atomic E-state index is -0.952. The zero-order valence-electron chi connectivity index (χ0n) is 7.78. The molecule has 0 fully saturated rings. The van der Waals surface area contributed by atoms with Crippen molar-refractivity contribution in [1.82, 2.24) is 10.2 Å². The predicted molar refractivity (Wildman–Crippen MR) is 66.1 cm³/mol. The number of halogens is 1. The molecule has 16 heavy (non-hydrogen) atoms. The summed E-state index contributed by atoms with van der Waals surface area (Å²) in [5, 5.41) is 15.7. The molecule has 0 unspecified atom stereocenters. The van der Waals surface area contributed by atoms with Crippen molar-refractivity contribution in [2.24, 2.45) is 0 Å². The Balaban J connectivity index is 2.22. The second-order valence-electron chi connectivity index (χ2n) is 3.27. The van der Waals surface area contributed by atoms with E-state index < -0.39 is 5.97 Å². The van der Waals surface area contributed by atoms with Crippen LogP contribution < -0.4 is 0 Å². The topological polar surface area (TPSA) is 66.0 Å². The van der Waals surface area contributed by atoms with Crippen LogP contribution in [0.5, 0.6) is 0 Å². The van der Waals surface area contributed by atoms with Crippen LogP contribution in [-0.2, 0) is 5.75 Å². The van der Waals surface area contributed by atoms with Crippen LogP contribution in [0.2, 0.25) is 0 Å². The lowest BCUT2D eigenvalue weighted by Gasteiger charge is -2.09. The highest BCUT2D eigenvalue weighted by Crippen LogP contribution is 2.47. The summed E-state index contributed by atoms with van der Waals surface area (Å²) in [5.41, 5.74) is 2.78. The van der Waals surface area contributed by atoms with Crippen molar-refractivity contribution in [2.45, 2.75) is 9.96 Å². The Hall–Kier alpha value is -0.790. The molecule has 4 nitrogen and oxygen atoms in total. The van der Waals surface area contributed by atoms with Gasteiger partial charge in [-0.25, -0.2) is 4.79 Å². The summed E-state index contributed by atoms with van der Waals surface area (Å²) in [4.78, 5) is 11.0. The van der Waals surface area contributed by atoms with Crippen molar-refractivity contribution in [3.8, 4) is 11.3 Å². The van der Waals surface area contributed by atoms with E-state index in [0.717, 1.165) is 20.6 Å². The number of rotatable bonds is 1. The van der Waals surface area contributed by atoms with E-state index in [-0.39, 0.29) is 5.69 Å². The lowest BCUT2D eigenvalue weighted by atomic mass is 10.1. The maximum atomic E-state index is 11.0. The summed E-state index contributed by atoms with van der Waals surface area (Å²) in [6, 6.07) is 1.98. The highest BCUT2D eigenvalue weighted by atomic mass is 79.9. The van der Waals surface area contributed by atoms with Crippen LogP contribution in [0.25, 0.3) is 11.3 Å². The van der Waals surface area contributed by atoms with Crippen LogP contribution >= 0.6 is 39.0 Å². The highest BCUT2D eigenvalue weighted by molar-refractivity contribution is 9.11. The van der Waals surface area contributed by atoms with Crippen molar-refractivity contribution >= 4 is 45.0 Å². The number of carbonyl (C=O) groups is 1. The molecular formula is C9H5BrN2O2S2. The summed E-state index contributed by atoms with van der Waals surface area (Å²) < 4.78 is 2.22. The smallest absolute Gasteiger partial charge is 0.354 e. The lowest BCUT2D eigenvalue weighted by molar-refractivity contribution is 0.0689. The van der Waals surface area contributed by atoms with E-state index in [1.54, 1.807) is 23.1 Å². The molecule has 82 valence electrons. The number of hydrogen-bond donors (Lipinski definition) is 2. The number of carboxylic acid groups (broad SMARTS) is 1. The monoisotopic (exact) mass is 316 g/mol. The first kappa shape index (κ1) is 10.4. The van der Waals surface area contributed by atoms with Crippen LogP contribution in [0.15, 0.2) is 14.1 Å². The highest BCUT2D eigenvalue weighted by Gasteiger charge is 2.26. The van der Waals surface area contributed by atoms with Gasteiger partial charge in [0.05, 0.1) is 13.7 Å². The minimum Gasteiger partial charge on any atom is -0.477 e. The average molecular weight is 317 g/mol. The first-order valence-electron chi connectivity index (χ1n) is 4.40. The molecule has 0 spiro atoms. The van der Waals surface area contributed by atoms with E-state index in [9.17, 15) is 4.79 Å². The molecule has 3 rings (SSSR count). The Bertz CT molecular complexity index is 590. The third kappa shape index (κ3) is 1.42. The van der Waals surface area contributed by atoms with Crippen LogP contribution in [0.1, 0.15) is 16.1 Å². The van der Waals surface area contributed by atoms with Crippen LogP contribution in [0, 0.1) is 0 Å². The maximum Gasteiger partial charge on any atom is 0.354 e. The number of H-pyrrole nitrogens is 1. The van der Waals surface area contributed by atoms with E-state index in [0.29, 0.717) is 5.75 Å². The SMILES string of the molecule is O=C(O)c1[nH]nc2c1CSc1sc(Br)cc1-2. The van der Waals surface area contributed by atoms with Gasteiger partial charge in [-0.2, -0.15) is 5.10 Å². The van der Waals surface area contributed by atoms with Crippen LogP contribution in [-0.4, -0.2) is 21.3 Å². The van der Waals surface area contributed by atoms with E-state index in [1.807, 2.05) is 6.07 Å². The van der Waals surface area contributed by atoms with Gasteiger partial charge in [0.15, 0.2) is 0 Å². The molecule has 0 bridgehead atoms. The normalized spacial score (nSPS) is 13.3. The predicted octanol–water partition coefficient (Wildman–Crippen LogP) is 3.20. The zero-order valence-corrected chi connectivity index (χ0v) is 11.0. The fourth-order valence-corrected chi connectivity index (χ4v) is 4.87. The quantitative estimate of drug-likeness (QED) is 0.847. The fourth-order valence-electron chi connectivity index (χ4n) is 1.66. The third-order valence-electron chi connectivity index (χ3n) is 2.35. The van der Waals surface area contributed by atoms with Crippen LogP contribution in [0.3, 0.4) is 0 Å². The number of carboxylic acids is 1. The van der Waals surface area contributed by atoms with Gasteiger partial charge in [-0.3, -0.25) is 5.10 Å². The summed E-state index contributed by atoms with van der Waals surface area (Å²) >= 11 is 6.73.